The lowest BCUT2D eigenvalue weighted by atomic mass is 9.95. The van der Waals surface area contributed by atoms with Gasteiger partial charge in [-0.15, -0.1) is 0 Å². The van der Waals surface area contributed by atoms with E-state index >= 15 is 0 Å². The van der Waals surface area contributed by atoms with Crippen molar-refractivity contribution >= 4 is 14.0 Å². The van der Waals surface area contributed by atoms with Crippen LogP contribution in [0.1, 0.15) is 46.5 Å². The van der Waals surface area contributed by atoms with Crippen LogP contribution in [-0.2, 0) is 4.43 Å². The molecule has 5 nitrogen and oxygen atoms in total. The van der Waals surface area contributed by atoms with Gasteiger partial charge >= 0.3 is 5.69 Å². The van der Waals surface area contributed by atoms with E-state index in [0.29, 0.717) is 6.42 Å². The fraction of sp³-hybridized carbons (Fsp3) is 0.667. The van der Waals surface area contributed by atoms with Gasteiger partial charge in [0.1, 0.15) is 11.9 Å². The summed E-state index contributed by atoms with van der Waals surface area (Å²) in [5.41, 5.74) is -0.200. The Labute approximate surface area is 149 Å². The van der Waals surface area contributed by atoms with Gasteiger partial charge in [0.25, 0.3) is 0 Å². The summed E-state index contributed by atoms with van der Waals surface area (Å²) >= 11 is 0. The van der Waals surface area contributed by atoms with Gasteiger partial charge in [0, 0.05) is 24.7 Å². The molecule has 1 aromatic rings. The van der Waals surface area contributed by atoms with Gasteiger partial charge in [-0.3, -0.25) is 10.1 Å². The monoisotopic (exact) mass is 369 g/mol. The van der Waals surface area contributed by atoms with Crippen LogP contribution in [0.2, 0.25) is 18.1 Å². The van der Waals surface area contributed by atoms with E-state index in [9.17, 15) is 14.5 Å². The number of rotatable bonds is 5. The van der Waals surface area contributed by atoms with Crippen LogP contribution in [0.5, 0.6) is 5.75 Å². The molecule has 2 unspecified atom stereocenters. The molecule has 2 rings (SSSR count). The summed E-state index contributed by atoms with van der Waals surface area (Å²) in [6.45, 7) is 11.0. The highest BCUT2D eigenvalue weighted by Gasteiger charge is 2.40. The SMILES string of the molecule is CC(C)(C)[Si](C)(C)OC1CCCC(Oc2cc(F)ccc2[N+](=O)[O-])C1. The summed E-state index contributed by atoms with van der Waals surface area (Å²) in [7, 11) is -1.88. The Bertz CT molecular complexity index is 630. The van der Waals surface area contributed by atoms with E-state index in [2.05, 4.69) is 33.9 Å². The van der Waals surface area contributed by atoms with Gasteiger partial charge in [-0.25, -0.2) is 4.39 Å². The molecule has 0 saturated heterocycles. The number of halogens is 1. The first-order valence-electron chi connectivity index (χ1n) is 8.78. The van der Waals surface area contributed by atoms with Crippen molar-refractivity contribution in [3.63, 3.8) is 0 Å². The van der Waals surface area contributed by atoms with E-state index in [-0.39, 0.29) is 28.7 Å². The van der Waals surface area contributed by atoms with Gasteiger partial charge in [-0.1, -0.05) is 20.8 Å². The summed E-state index contributed by atoms with van der Waals surface area (Å²) in [5.74, 6) is -0.534. The Morgan fingerprint density at radius 2 is 1.88 bits per heavy atom. The maximum absolute atomic E-state index is 13.5. The third kappa shape index (κ3) is 5.01. The van der Waals surface area contributed by atoms with Crippen LogP contribution in [0.3, 0.4) is 0 Å². The summed E-state index contributed by atoms with van der Waals surface area (Å²) < 4.78 is 25.7. The average Bonchev–Trinajstić information content (AvgIpc) is 2.45. The minimum atomic E-state index is -1.88. The molecule has 1 fully saturated rings. The van der Waals surface area contributed by atoms with Crippen LogP contribution < -0.4 is 4.74 Å². The topological polar surface area (TPSA) is 61.6 Å². The van der Waals surface area contributed by atoms with Crippen molar-refractivity contribution in [2.45, 2.75) is 76.8 Å². The summed E-state index contributed by atoms with van der Waals surface area (Å²) in [6.07, 6.45) is 3.28. The van der Waals surface area contributed by atoms with Crippen LogP contribution in [0.4, 0.5) is 10.1 Å². The number of hydrogen-bond acceptors (Lipinski definition) is 4. The quantitative estimate of drug-likeness (QED) is 0.393. The number of nitro groups is 1. The number of nitrogens with zero attached hydrogens (tertiary/aromatic N) is 1. The zero-order chi connectivity index (χ0) is 18.8. The Kier molecular flexibility index (Phi) is 5.88. The molecule has 140 valence electrons. The highest BCUT2D eigenvalue weighted by atomic mass is 28.4. The molecule has 1 aliphatic carbocycles. The largest absolute Gasteiger partial charge is 0.483 e. The van der Waals surface area contributed by atoms with E-state index in [4.69, 9.17) is 9.16 Å². The highest BCUT2D eigenvalue weighted by molar-refractivity contribution is 6.74. The van der Waals surface area contributed by atoms with Gasteiger partial charge < -0.3 is 9.16 Å². The lowest BCUT2D eigenvalue weighted by molar-refractivity contribution is -0.386. The Morgan fingerprint density at radius 3 is 2.48 bits per heavy atom. The molecule has 1 saturated carbocycles. The van der Waals surface area contributed by atoms with Gasteiger partial charge in [-0.05, 0) is 43.5 Å². The zero-order valence-electron chi connectivity index (χ0n) is 15.7. The first kappa shape index (κ1) is 19.8. The van der Waals surface area contributed by atoms with Crippen molar-refractivity contribution in [1.82, 2.24) is 0 Å². The number of nitro benzene ring substituents is 1. The molecule has 0 heterocycles. The number of benzene rings is 1. The van der Waals surface area contributed by atoms with E-state index in [1.54, 1.807) is 0 Å². The number of hydrogen-bond donors (Lipinski definition) is 0. The number of ether oxygens (including phenoxy) is 1. The zero-order valence-corrected chi connectivity index (χ0v) is 16.7. The molecule has 0 spiro atoms. The normalized spacial score (nSPS) is 21.8. The third-order valence-electron chi connectivity index (χ3n) is 5.26. The van der Waals surface area contributed by atoms with Gasteiger partial charge in [-0.2, -0.15) is 0 Å². The Hall–Kier alpha value is -1.47. The molecule has 0 aromatic heterocycles. The molecule has 2 atom stereocenters. The Balaban J connectivity index is 2.08. The van der Waals surface area contributed by atoms with Crippen molar-refractivity contribution < 1.29 is 18.5 Å². The van der Waals surface area contributed by atoms with Crippen LogP contribution in [0.25, 0.3) is 0 Å². The van der Waals surface area contributed by atoms with Crippen molar-refractivity contribution in [3.05, 3.63) is 34.1 Å². The van der Waals surface area contributed by atoms with Gasteiger partial charge in [0.05, 0.1) is 4.92 Å². The van der Waals surface area contributed by atoms with E-state index in [0.717, 1.165) is 37.5 Å². The summed E-state index contributed by atoms with van der Waals surface area (Å²) in [4.78, 5) is 10.6. The lowest BCUT2D eigenvalue weighted by Crippen LogP contribution is -2.45. The molecule has 0 bridgehead atoms. The van der Waals surface area contributed by atoms with Crippen molar-refractivity contribution in [2.24, 2.45) is 0 Å². The van der Waals surface area contributed by atoms with Crippen LogP contribution >= 0.6 is 0 Å². The molecule has 25 heavy (non-hydrogen) atoms. The fourth-order valence-electron chi connectivity index (χ4n) is 2.82. The predicted octanol–water partition coefficient (Wildman–Crippen LogP) is 5.45. The smallest absolute Gasteiger partial charge is 0.311 e. The minimum Gasteiger partial charge on any atom is -0.483 e. The predicted molar refractivity (Wildman–Crippen MR) is 98.0 cm³/mol. The maximum atomic E-state index is 13.5. The van der Waals surface area contributed by atoms with E-state index in [1.165, 1.54) is 0 Å². The Morgan fingerprint density at radius 1 is 1.24 bits per heavy atom. The van der Waals surface area contributed by atoms with Crippen LogP contribution in [0.15, 0.2) is 18.2 Å². The highest BCUT2D eigenvalue weighted by Crippen LogP contribution is 2.40. The van der Waals surface area contributed by atoms with Gasteiger partial charge in [0.2, 0.25) is 0 Å². The fourth-order valence-corrected chi connectivity index (χ4v) is 4.22. The molecule has 1 aromatic carbocycles. The van der Waals surface area contributed by atoms with E-state index in [1.807, 2.05) is 0 Å². The maximum Gasteiger partial charge on any atom is 0.311 e. The molecule has 0 aliphatic heterocycles. The van der Waals surface area contributed by atoms with Crippen molar-refractivity contribution in [1.29, 1.82) is 0 Å². The second-order valence-corrected chi connectivity index (χ2v) is 13.0. The van der Waals surface area contributed by atoms with Gasteiger partial charge in [0.15, 0.2) is 14.1 Å². The van der Waals surface area contributed by atoms with E-state index < -0.39 is 19.1 Å². The summed E-state index contributed by atoms with van der Waals surface area (Å²) in [6, 6.07) is 3.32. The molecule has 0 amide bonds. The lowest BCUT2D eigenvalue weighted by Gasteiger charge is -2.41. The standard InChI is InChI=1S/C18H28FNO4Si/c1-18(2,3)25(4,5)24-15-8-6-7-14(12-15)23-17-11-13(19)9-10-16(17)20(21)22/h9-11,14-15H,6-8,12H2,1-5H3. The minimum absolute atomic E-state index is 0.00276. The van der Waals surface area contributed by atoms with Crippen molar-refractivity contribution in [3.8, 4) is 5.75 Å². The van der Waals surface area contributed by atoms with Crippen molar-refractivity contribution in [2.75, 3.05) is 0 Å². The average molecular weight is 370 g/mol. The molecular weight excluding hydrogens is 341 g/mol. The molecule has 1 aliphatic rings. The third-order valence-corrected chi connectivity index (χ3v) is 9.79. The molecule has 0 radical (unpaired) electrons. The second kappa shape index (κ2) is 7.41. The first-order chi connectivity index (χ1) is 11.5. The van der Waals surface area contributed by atoms with Crippen LogP contribution in [0, 0.1) is 15.9 Å². The molecule has 0 N–H and O–H groups in total. The molecule has 7 heteroatoms. The second-order valence-electron chi connectivity index (χ2n) is 8.28. The molecular formula is C18H28FNO4Si. The summed E-state index contributed by atoms with van der Waals surface area (Å²) in [5, 5.41) is 11.2. The van der Waals surface area contributed by atoms with Crippen LogP contribution in [-0.4, -0.2) is 25.4 Å². The first-order valence-corrected chi connectivity index (χ1v) is 11.7.